The molecule has 4 rings (SSSR count). The van der Waals surface area contributed by atoms with Gasteiger partial charge in [-0.25, -0.2) is 9.97 Å². The molecule has 1 aromatic heterocycles. The molecule has 0 saturated carbocycles. The van der Waals surface area contributed by atoms with E-state index in [-0.39, 0.29) is 0 Å². The number of aromatic nitrogens is 2. The zero-order valence-corrected chi connectivity index (χ0v) is 16.7. The predicted molar refractivity (Wildman–Crippen MR) is 106 cm³/mol. The molecule has 2 bridgehead atoms. The van der Waals surface area contributed by atoms with Gasteiger partial charge in [0.05, 0.1) is 19.3 Å². The molecule has 0 aliphatic carbocycles. The van der Waals surface area contributed by atoms with Crippen LogP contribution in [0.2, 0.25) is 0 Å². The standard InChI is InChI=1S/C22H29N3O3/c1-27-10-9-21-23-13-16(14-24-21)15-25-18-5-6-19(25)12-22(26,11-18)17-3-7-20(28-2)8-4-17/h3-4,7-8,13-14,18-19,26H,5-6,9-12,15H2,1-2H3/t18-,19-/m0/s1. The fourth-order valence-electron chi connectivity index (χ4n) is 4.71. The van der Waals surface area contributed by atoms with Gasteiger partial charge in [-0.15, -0.1) is 0 Å². The van der Waals surface area contributed by atoms with Crippen molar-refractivity contribution in [2.45, 2.75) is 56.3 Å². The molecular weight excluding hydrogens is 354 g/mol. The van der Waals surface area contributed by atoms with E-state index in [0.29, 0.717) is 18.7 Å². The van der Waals surface area contributed by atoms with Crippen LogP contribution < -0.4 is 4.74 Å². The normalized spacial score (nSPS) is 27.1. The quantitative estimate of drug-likeness (QED) is 0.793. The Balaban J connectivity index is 1.43. The summed E-state index contributed by atoms with van der Waals surface area (Å²) in [6, 6.07) is 8.65. The van der Waals surface area contributed by atoms with Gasteiger partial charge in [-0.1, -0.05) is 12.1 Å². The van der Waals surface area contributed by atoms with Crippen molar-refractivity contribution in [3.05, 3.63) is 53.6 Å². The first-order valence-corrected chi connectivity index (χ1v) is 10.0. The Morgan fingerprint density at radius 2 is 1.71 bits per heavy atom. The summed E-state index contributed by atoms with van der Waals surface area (Å²) in [6.07, 6.45) is 8.40. The molecule has 6 heteroatoms. The van der Waals surface area contributed by atoms with Crippen LogP contribution >= 0.6 is 0 Å². The average molecular weight is 383 g/mol. The Labute approximate surface area is 166 Å². The number of nitrogens with zero attached hydrogens (tertiary/aromatic N) is 3. The van der Waals surface area contributed by atoms with Crippen LogP contribution in [0.1, 0.15) is 42.6 Å². The largest absolute Gasteiger partial charge is 0.497 e. The molecule has 6 nitrogen and oxygen atoms in total. The number of benzene rings is 1. The van der Waals surface area contributed by atoms with Gasteiger partial charge < -0.3 is 14.6 Å². The van der Waals surface area contributed by atoms with Crippen LogP contribution in [-0.2, 0) is 23.3 Å². The van der Waals surface area contributed by atoms with Crippen molar-refractivity contribution in [2.24, 2.45) is 0 Å². The van der Waals surface area contributed by atoms with Crippen molar-refractivity contribution in [3.8, 4) is 5.75 Å². The summed E-state index contributed by atoms with van der Waals surface area (Å²) in [4.78, 5) is 11.5. The van der Waals surface area contributed by atoms with Gasteiger partial charge in [0.1, 0.15) is 11.6 Å². The minimum atomic E-state index is -0.755. The number of hydrogen-bond donors (Lipinski definition) is 1. The lowest BCUT2D eigenvalue weighted by Crippen LogP contribution is -2.49. The Bertz CT molecular complexity index is 765. The Morgan fingerprint density at radius 3 is 2.29 bits per heavy atom. The maximum absolute atomic E-state index is 11.4. The minimum Gasteiger partial charge on any atom is -0.497 e. The fourth-order valence-corrected chi connectivity index (χ4v) is 4.71. The third kappa shape index (κ3) is 3.90. The highest BCUT2D eigenvalue weighted by molar-refractivity contribution is 5.32. The highest BCUT2D eigenvalue weighted by Crippen LogP contribution is 2.46. The van der Waals surface area contributed by atoms with Crippen molar-refractivity contribution in [1.29, 1.82) is 0 Å². The molecule has 150 valence electrons. The van der Waals surface area contributed by atoms with Gasteiger partial charge >= 0.3 is 0 Å². The molecule has 2 aromatic rings. The van der Waals surface area contributed by atoms with Crippen LogP contribution in [0.4, 0.5) is 0 Å². The van der Waals surface area contributed by atoms with Gasteiger partial charge in [0, 0.05) is 50.1 Å². The van der Waals surface area contributed by atoms with Gasteiger partial charge in [0.25, 0.3) is 0 Å². The molecule has 3 heterocycles. The van der Waals surface area contributed by atoms with E-state index in [0.717, 1.165) is 61.3 Å². The second-order valence-corrected chi connectivity index (χ2v) is 7.98. The summed E-state index contributed by atoms with van der Waals surface area (Å²) < 4.78 is 10.3. The van der Waals surface area contributed by atoms with Crippen LogP contribution in [0.15, 0.2) is 36.7 Å². The van der Waals surface area contributed by atoms with Gasteiger partial charge in [0.2, 0.25) is 0 Å². The number of rotatable bonds is 7. The van der Waals surface area contributed by atoms with E-state index >= 15 is 0 Å². The van der Waals surface area contributed by atoms with E-state index in [4.69, 9.17) is 9.47 Å². The molecular formula is C22H29N3O3. The third-order valence-corrected chi connectivity index (χ3v) is 6.20. The molecule has 2 atom stereocenters. The molecule has 2 aliphatic heterocycles. The molecule has 2 saturated heterocycles. The van der Waals surface area contributed by atoms with E-state index in [2.05, 4.69) is 14.9 Å². The smallest absolute Gasteiger partial charge is 0.130 e. The number of fused-ring (bicyclic) bond motifs is 2. The number of piperidine rings is 1. The molecule has 0 amide bonds. The zero-order chi connectivity index (χ0) is 19.6. The molecule has 1 N–H and O–H groups in total. The first-order chi connectivity index (χ1) is 13.6. The summed E-state index contributed by atoms with van der Waals surface area (Å²) >= 11 is 0. The molecule has 0 spiro atoms. The second kappa shape index (κ2) is 8.15. The van der Waals surface area contributed by atoms with Crippen molar-refractivity contribution < 1.29 is 14.6 Å². The van der Waals surface area contributed by atoms with Crippen LogP contribution in [0.5, 0.6) is 5.75 Å². The lowest BCUT2D eigenvalue weighted by molar-refractivity contribution is -0.0595. The van der Waals surface area contributed by atoms with Crippen LogP contribution in [0.25, 0.3) is 0 Å². The Morgan fingerprint density at radius 1 is 1.07 bits per heavy atom. The van der Waals surface area contributed by atoms with E-state index in [9.17, 15) is 5.11 Å². The monoisotopic (exact) mass is 383 g/mol. The summed E-state index contributed by atoms with van der Waals surface area (Å²) in [5.41, 5.74) is 1.37. The second-order valence-electron chi connectivity index (χ2n) is 7.98. The molecule has 0 unspecified atom stereocenters. The molecule has 1 aromatic carbocycles. The van der Waals surface area contributed by atoms with Gasteiger partial charge in [-0.2, -0.15) is 0 Å². The summed E-state index contributed by atoms with van der Waals surface area (Å²) in [6.45, 7) is 1.48. The topological polar surface area (TPSA) is 67.7 Å². The minimum absolute atomic E-state index is 0.388. The number of methoxy groups -OCH3 is 2. The number of aliphatic hydroxyl groups is 1. The SMILES string of the molecule is COCCc1ncc(CN2[C@H]3CC[C@H]2CC(O)(c2ccc(OC)cc2)C3)cn1. The summed E-state index contributed by atoms with van der Waals surface area (Å²) in [5.74, 6) is 1.64. The third-order valence-electron chi connectivity index (χ3n) is 6.20. The highest BCUT2D eigenvalue weighted by atomic mass is 16.5. The first kappa shape index (κ1) is 19.3. The van der Waals surface area contributed by atoms with Crippen molar-refractivity contribution in [2.75, 3.05) is 20.8 Å². The van der Waals surface area contributed by atoms with Gasteiger partial charge in [0.15, 0.2) is 0 Å². The lowest BCUT2D eigenvalue weighted by Gasteiger charge is -2.44. The van der Waals surface area contributed by atoms with Crippen LogP contribution in [0, 0.1) is 0 Å². The van der Waals surface area contributed by atoms with E-state index in [1.54, 1.807) is 14.2 Å². The zero-order valence-electron chi connectivity index (χ0n) is 16.7. The van der Waals surface area contributed by atoms with E-state index in [1.807, 2.05) is 36.7 Å². The van der Waals surface area contributed by atoms with Gasteiger partial charge in [-0.05, 0) is 43.4 Å². The lowest BCUT2D eigenvalue weighted by atomic mass is 9.80. The summed E-state index contributed by atoms with van der Waals surface area (Å²) in [7, 11) is 3.35. The predicted octanol–water partition coefficient (Wildman–Crippen LogP) is 2.69. The van der Waals surface area contributed by atoms with Crippen molar-refractivity contribution >= 4 is 0 Å². The van der Waals surface area contributed by atoms with Gasteiger partial charge in [-0.3, -0.25) is 4.90 Å². The van der Waals surface area contributed by atoms with Crippen molar-refractivity contribution in [3.63, 3.8) is 0 Å². The number of ether oxygens (including phenoxy) is 2. The molecule has 28 heavy (non-hydrogen) atoms. The first-order valence-electron chi connectivity index (χ1n) is 10.0. The Kier molecular flexibility index (Phi) is 5.62. The van der Waals surface area contributed by atoms with Crippen LogP contribution in [-0.4, -0.2) is 52.9 Å². The van der Waals surface area contributed by atoms with Crippen molar-refractivity contribution in [1.82, 2.24) is 14.9 Å². The maximum Gasteiger partial charge on any atom is 0.130 e. The van der Waals surface area contributed by atoms with E-state index in [1.165, 1.54) is 0 Å². The molecule has 0 radical (unpaired) electrons. The average Bonchev–Trinajstić information content (AvgIpc) is 2.97. The van der Waals surface area contributed by atoms with E-state index < -0.39 is 5.60 Å². The van der Waals surface area contributed by atoms with Crippen LogP contribution in [0.3, 0.4) is 0 Å². The molecule has 2 fully saturated rings. The Hall–Kier alpha value is -2.02. The fraction of sp³-hybridized carbons (Fsp3) is 0.545. The molecule has 2 aliphatic rings. The summed E-state index contributed by atoms with van der Waals surface area (Å²) in [5, 5.41) is 11.4. The highest BCUT2D eigenvalue weighted by Gasteiger charge is 2.48. The number of hydrogen-bond acceptors (Lipinski definition) is 6. The maximum atomic E-state index is 11.4.